The molecule has 0 N–H and O–H groups in total. The topological polar surface area (TPSA) is 22.8 Å². The van der Waals surface area contributed by atoms with Crippen molar-refractivity contribution < 1.29 is 0 Å². The van der Waals surface area contributed by atoms with Crippen LogP contribution in [0.25, 0.3) is 66.1 Å². The number of hydrogen-bond acceptors (Lipinski definition) is 1. The first-order chi connectivity index (χ1) is 18.9. The lowest BCUT2D eigenvalue weighted by Crippen LogP contribution is -1.95. The van der Waals surface area contributed by atoms with Gasteiger partial charge in [-0.15, -0.1) is 0 Å². The lowest BCUT2D eigenvalue weighted by atomic mass is 10.1. The van der Waals surface area contributed by atoms with E-state index < -0.39 is 0 Å². The van der Waals surface area contributed by atoms with Crippen LogP contribution in [0.15, 0.2) is 140 Å². The van der Waals surface area contributed by atoms with Crippen molar-refractivity contribution in [2.24, 2.45) is 0 Å². The van der Waals surface area contributed by atoms with Crippen LogP contribution in [0.4, 0.5) is 0 Å². The van der Waals surface area contributed by atoms with Gasteiger partial charge in [-0.05, 0) is 54.1 Å². The van der Waals surface area contributed by atoms with Crippen molar-refractivity contribution in [1.29, 1.82) is 0 Å². The Hall–Kier alpha value is -5.15. The molecule has 0 bridgehead atoms. The van der Waals surface area contributed by atoms with E-state index >= 15 is 0 Å². The lowest BCUT2D eigenvalue weighted by Gasteiger charge is -2.11. The highest BCUT2D eigenvalue weighted by molar-refractivity contribution is 6.26. The van der Waals surface area contributed by atoms with Crippen LogP contribution in [-0.2, 0) is 0 Å². The Morgan fingerprint density at radius 3 is 1.97 bits per heavy atom. The molecule has 0 aliphatic carbocycles. The average Bonchev–Trinajstić information content (AvgIpc) is 3.51. The zero-order valence-electron chi connectivity index (χ0n) is 20.6. The van der Waals surface area contributed by atoms with Crippen LogP contribution in [0, 0.1) is 0 Å². The van der Waals surface area contributed by atoms with Crippen LogP contribution in [0.3, 0.4) is 0 Å². The van der Waals surface area contributed by atoms with Crippen molar-refractivity contribution in [3.8, 4) is 22.5 Å². The van der Waals surface area contributed by atoms with Gasteiger partial charge in [-0.25, -0.2) is 0 Å². The van der Waals surface area contributed by atoms with Gasteiger partial charge in [-0.3, -0.25) is 4.98 Å². The highest BCUT2D eigenvalue weighted by Gasteiger charge is 2.20. The van der Waals surface area contributed by atoms with E-state index in [0.717, 1.165) is 16.8 Å². The van der Waals surface area contributed by atoms with E-state index in [-0.39, 0.29) is 0 Å². The Labute approximate surface area is 219 Å². The summed E-state index contributed by atoms with van der Waals surface area (Å²) in [6, 6.07) is 45.6. The molecule has 0 unspecified atom stereocenters. The van der Waals surface area contributed by atoms with Crippen molar-refractivity contribution in [1.82, 2.24) is 14.1 Å². The molecule has 0 aliphatic rings. The van der Waals surface area contributed by atoms with Crippen LogP contribution >= 0.6 is 0 Å². The lowest BCUT2D eigenvalue weighted by molar-refractivity contribution is 1.17. The van der Waals surface area contributed by atoms with Gasteiger partial charge in [0.05, 0.1) is 22.1 Å². The second kappa shape index (κ2) is 8.19. The number of benzene rings is 5. The van der Waals surface area contributed by atoms with Crippen molar-refractivity contribution in [3.05, 3.63) is 140 Å². The molecule has 0 saturated carbocycles. The van der Waals surface area contributed by atoms with E-state index in [2.05, 4.69) is 135 Å². The van der Waals surface area contributed by atoms with E-state index in [0.29, 0.717) is 0 Å². The molecular formula is C35H23N3. The Bertz CT molecular complexity index is 2120. The number of nitrogens with zero attached hydrogens (tertiary/aromatic N) is 3. The van der Waals surface area contributed by atoms with Gasteiger partial charge in [0.1, 0.15) is 0 Å². The van der Waals surface area contributed by atoms with Gasteiger partial charge in [-0.1, -0.05) is 78.9 Å². The number of aromatic nitrogens is 3. The van der Waals surface area contributed by atoms with E-state index in [1.54, 1.807) is 0 Å². The Kier molecular flexibility index (Phi) is 4.52. The molecule has 0 saturated heterocycles. The first-order valence-corrected chi connectivity index (χ1v) is 12.9. The summed E-state index contributed by atoms with van der Waals surface area (Å²) >= 11 is 0. The molecule has 38 heavy (non-hydrogen) atoms. The minimum Gasteiger partial charge on any atom is -0.309 e. The van der Waals surface area contributed by atoms with Crippen LogP contribution in [0.5, 0.6) is 0 Å². The largest absolute Gasteiger partial charge is 0.309 e. The van der Waals surface area contributed by atoms with Gasteiger partial charge >= 0.3 is 0 Å². The number of fused-ring (bicyclic) bond motifs is 7. The summed E-state index contributed by atoms with van der Waals surface area (Å²) < 4.78 is 4.83. The number of rotatable bonds is 3. The van der Waals surface area contributed by atoms with Gasteiger partial charge < -0.3 is 9.13 Å². The second-order valence-corrected chi connectivity index (χ2v) is 9.69. The zero-order chi connectivity index (χ0) is 25.1. The molecule has 3 aromatic heterocycles. The quantitative estimate of drug-likeness (QED) is 0.245. The van der Waals surface area contributed by atoms with Gasteiger partial charge in [-0.2, -0.15) is 0 Å². The number of hydrogen-bond donors (Lipinski definition) is 0. The predicted molar refractivity (Wildman–Crippen MR) is 158 cm³/mol. The fourth-order valence-corrected chi connectivity index (χ4v) is 5.99. The smallest absolute Gasteiger partial charge is 0.0641 e. The zero-order valence-corrected chi connectivity index (χ0v) is 20.6. The molecule has 3 heterocycles. The highest BCUT2D eigenvalue weighted by Crippen LogP contribution is 2.42. The Morgan fingerprint density at radius 1 is 0.447 bits per heavy atom. The second-order valence-electron chi connectivity index (χ2n) is 9.69. The molecule has 3 nitrogen and oxygen atoms in total. The molecule has 0 radical (unpaired) electrons. The molecule has 8 rings (SSSR count). The average molecular weight is 486 g/mol. The first kappa shape index (κ1) is 21.0. The maximum Gasteiger partial charge on any atom is 0.0641 e. The van der Waals surface area contributed by atoms with E-state index in [1.165, 1.54) is 49.3 Å². The van der Waals surface area contributed by atoms with E-state index in [9.17, 15) is 0 Å². The molecule has 178 valence electrons. The molecule has 0 aliphatic heterocycles. The fourth-order valence-electron chi connectivity index (χ4n) is 5.99. The summed E-state index contributed by atoms with van der Waals surface area (Å²) in [5, 5.41) is 5.04. The van der Waals surface area contributed by atoms with Crippen molar-refractivity contribution in [2.75, 3.05) is 0 Å². The third kappa shape index (κ3) is 2.99. The summed E-state index contributed by atoms with van der Waals surface area (Å²) in [5.41, 5.74) is 9.43. The van der Waals surface area contributed by atoms with Crippen molar-refractivity contribution in [2.45, 2.75) is 0 Å². The van der Waals surface area contributed by atoms with Crippen LogP contribution < -0.4 is 0 Å². The summed E-state index contributed by atoms with van der Waals surface area (Å²) in [5.74, 6) is 0. The van der Waals surface area contributed by atoms with Crippen LogP contribution in [-0.4, -0.2) is 14.1 Å². The van der Waals surface area contributed by atoms with Gasteiger partial charge in [0, 0.05) is 50.9 Å². The maximum absolute atomic E-state index is 4.35. The van der Waals surface area contributed by atoms with Gasteiger partial charge in [0.25, 0.3) is 0 Å². The Morgan fingerprint density at radius 2 is 1.16 bits per heavy atom. The van der Waals surface area contributed by atoms with Crippen LogP contribution in [0.1, 0.15) is 0 Å². The minimum atomic E-state index is 1.11. The SMILES string of the molecule is c1ccc(-n2c3ccccc3c3c2ccc2c4ccccc4n(-c4cccc(-c5cccnc5)c4)c23)cc1. The normalized spacial score (nSPS) is 11.7. The van der Waals surface area contributed by atoms with Gasteiger partial charge in [0.2, 0.25) is 0 Å². The van der Waals surface area contributed by atoms with Crippen molar-refractivity contribution >= 4 is 43.6 Å². The fraction of sp³-hybridized carbons (Fsp3) is 0. The predicted octanol–water partition coefficient (Wildman–Crippen LogP) is 8.94. The molecular weight excluding hydrogens is 462 g/mol. The molecule has 0 amide bonds. The maximum atomic E-state index is 4.35. The summed E-state index contributed by atoms with van der Waals surface area (Å²) in [6.07, 6.45) is 3.75. The molecule has 0 fully saturated rings. The van der Waals surface area contributed by atoms with E-state index in [1.807, 2.05) is 18.5 Å². The number of pyridine rings is 1. The molecule has 0 atom stereocenters. The Balaban J connectivity index is 1.55. The van der Waals surface area contributed by atoms with Crippen LogP contribution in [0.2, 0.25) is 0 Å². The molecule has 0 spiro atoms. The van der Waals surface area contributed by atoms with Gasteiger partial charge in [0.15, 0.2) is 0 Å². The first-order valence-electron chi connectivity index (χ1n) is 12.9. The monoisotopic (exact) mass is 485 g/mol. The minimum absolute atomic E-state index is 1.11. The third-order valence-corrected chi connectivity index (χ3v) is 7.58. The summed E-state index contributed by atoms with van der Waals surface area (Å²) in [6.45, 7) is 0. The third-order valence-electron chi connectivity index (χ3n) is 7.58. The highest BCUT2D eigenvalue weighted by atomic mass is 15.0. The van der Waals surface area contributed by atoms with Crippen molar-refractivity contribution in [3.63, 3.8) is 0 Å². The summed E-state index contributed by atoms with van der Waals surface area (Å²) in [7, 11) is 0. The molecule has 8 aromatic rings. The molecule has 5 aromatic carbocycles. The number of para-hydroxylation sites is 3. The standard InChI is InChI=1S/C35H23N3/c1-2-12-26(13-3-1)37-32-18-7-5-16-30(32)34-33(37)20-19-29-28-15-4-6-17-31(28)38(35(29)34)27-14-8-10-24(22-27)25-11-9-21-36-23-25/h1-23H. The summed E-state index contributed by atoms with van der Waals surface area (Å²) in [4.78, 5) is 4.35. The molecule has 3 heteroatoms. The van der Waals surface area contributed by atoms with E-state index in [4.69, 9.17) is 0 Å².